The van der Waals surface area contributed by atoms with Crippen LogP contribution in [0.15, 0.2) is 24.3 Å². The Morgan fingerprint density at radius 1 is 1.14 bits per heavy atom. The maximum Gasteiger partial charge on any atom is 0.140 e. The standard InChI is InChI=1S/C12H14O2/c1-9-5-3-4-6-11(9)12(14)8-7-10(2)13/h3-6,10,12-14H,1-2H3. The molecule has 0 radical (unpaired) electrons. The number of aliphatic hydroxyl groups is 2. The smallest absolute Gasteiger partial charge is 0.140 e. The Hall–Kier alpha value is -1.30. The molecule has 0 spiro atoms. The molecule has 0 heterocycles. The largest absolute Gasteiger partial charge is 0.381 e. The molecule has 0 aromatic heterocycles. The van der Waals surface area contributed by atoms with Crippen LogP contribution in [0.4, 0.5) is 0 Å². The van der Waals surface area contributed by atoms with E-state index in [1.165, 1.54) is 0 Å². The first-order valence-corrected chi connectivity index (χ1v) is 4.54. The summed E-state index contributed by atoms with van der Waals surface area (Å²) >= 11 is 0. The van der Waals surface area contributed by atoms with Crippen LogP contribution in [-0.4, -0.2) is 16.3 Å². The van der Waals surface area contributed by atoms with Gasteiger partial charge in [-0.05, 0) is 25.0 Å². The predicted molar refractivity (Wildman–Crippen MR) is 55.6 cm³/mol. The number of aliphatic hydroxyl groups excluding tert-OH is 2. The molecular formula is C12H14O2. The molecule has 0 saturated carbocycles. The summed E-state index contributed by atoms with van der Waals surface area (Å²) in [7, 11) is 0. The topological polar surface area (TPSA) is 40.5 Å². The zero-order chi connectivity index (χ0) is 10.6. The van der Waals surface area contributed by atoms with E-state index in [1.807, 2.05) is 31.2 Å². The molecule has 0 saturated heterocycles. The molecule has 1 rings (SSSR count). The van der Waals surface area contributed by atoms with Crippen LogP contribution >= 0.6 is 0 Å². The minimum Gasteiger partial charge on any atom is -0.381 e. The van der Waals surface area contributed by atoms with Crippen LogP contribution in [-0.2, 0) is 0 Å². The Balaban J connectivity index is 2.86. The molecule has 14 heavy (non-hydrogen) atoms. The van der Waals surface area contributed by atoms with Gasteiger partial charge in [0, 0.05) is 0 Å². The Morgan fingerprint density at radius 2 is 1.79 bits per heavy atom. The minimum atomic E-state index is -0.814. The van der Waals surface area contributed by atoms with Gasteiger partial charge in [-0.25, -0.2) is 0 Å². The summed E-state index contributed by atoms with van der Waals surface area (Å²) < 4.78 is 0. The third-order valence-corrected chi connectivity index (χ3v) is 1.91. The van der Waals surface area contributed by atoms with E-state index in [1.54, 1.807) is 6.92 Å². The van der Waals surface area contributed by atoms with Gasteiger partial charge in [0.15, 0.2) is 0 Å². The van der Waals surface area contributed by atoms with Gasteiger partial charge in [-0.15, -0.1) is 0 Å². The fourth-order valence-corrected chi connectivity index (χ4v) is 1.17. The van der Waals surface area contributed by atoms with E-state index in [4.69, 9.17) is 5.11 Å². The number of aryl methyl sites for hydroxylation is 1. The highest BCUT2D eigenvalue weighted by molar-refractivity contribution is 5.32. The van der Waals surface area contributed by atoms with E-state index in [9.17, 15) is 5.11 Å². The Kier molecular flexibility index (Phi) is 3.70. The Bertz CT molecular complexity index is 358. The molecule has 0 fully saturated rings. The van der Waals surface area contributed by atoms with Gasteiger partial charge >= 0.3 is 0 Å². The van der Waals surface area contributed by atoms with Crippen LogP contribution in [0.3, 0.4) is 0 Å². The second-order valence-corrected chi connectivity index (χ2v) is 3.22. The normalized spacial score (nSPS) is 14.0. The molecule has 1 aromatic rings. The second kappa shape index (κ2) is 4.80. The number of hydrogen-bond donors (Lipinski definition) is 2. The van der Waals surface area contributed by atoms with Crippen molar-refractivity contribution in [1.82, 2.24) is 0 Å². The summed E-state index contributed by atoms with van der Waals surface area (Å²) in [5.74, 6) is 5.12. The van der Waals surface area contributed by atoms with Gasteiger partial charge in [0.1, 0.15) is 12.2 Å². The predicted octanol–water partition coefficient (Wildman–Crippen LogP) is 1.41. The van der Waals surface area contributed by atoms with Crippen molar-refractivity contribution in [2.24, 2.45) is 0 Å². The third kappa shape index (κ3) is 2.88. The van der Waals surface area contributed by atoms with Crippen LogP contribution < -0.4 is 0 Å². The number of hydrogen-bond acceptors (Lipinski definition) is 2. The first-order chi connectivity index (χ1) is 6.61. The summed E-state index contributed by atoms with van der Waals surface area (Å²) in [4.78, 5) is 0. The molecule has 1 aromatic carbocycles. The summed E-state index contributed by atoms with van der Waals surface area (Å²) in [6, 6.07) is 7.52. The van der Waals surface area contributed by atoms with Crippen LogP contribution in [0.5, 0.6) is 0 Å². The lowest BCUT2D eigenvalue weighted by atomic mass is 10.0. The van der Waals surface area contributed by atoms with Gasteiger partial charge in [-0.3, -0.25) is 0 Å². The molecule has 2 heteroatoms. The molecule has 74 valence electrons. The Labute approximate surface area is 84.2 Å². The maximum absolute atomic E-state index is 9.67. The van der Waals surface area contributed by atoms with Crippen molar-refractivity contribution in [3.8, 4) is 11.8 Å². The summed E-state index contributed by atoms with van der Waals surface area (Å²) in [6.45, 7) is 3.49. The fourth-order valence-electron chi connectivity index (χ4n) is 1.17. The van der Waals surface area contributed by atoms with E-state index in [0.717, 1.165) is 11.1 Å². The molecule has 0 aliphatic carbocycles. The summed E-state index contributed by atoms with van der Waals surface area (Å²) in [5.41, 5.74) is 1.79. The quantitative estimate of drug-likeness (QED) is 0.657. The maximum atomic E-state index is 9.67. The van der Waals surface area contributed by atoms with Crippen molar-refractivity contribution in [2.45, 2.75) is 26.1 Å². The van der Waals surface area contributed by atoms with Crippen LogP contribution in [0.25, 0.3) is 0 Å². The van der Waals surface area contributed by atoms with Crippen molar-refractivity contribution in [2.75, 3.05) is 0 Å². The average molecular weight is 190 g/mol. The number of benzene rings is 1. The van der Waals surface area contributed by atoms with Gasteiger partial charge in [-0.2, -0.15) is 0 Å². The van der Waals surface area contributed by atoms with E-state index in [2.05, 4.69) is 11.8 Å². The lowest BCUT2D eigenvalue weighted by molar-refractivity contribution is 0.232. The van der Waals surface area contributed by atoms with Crippen molar-refractivity contribution >= 4 is 0 Å². The van der Waals surface area contributed by atoms with Crippen molar-refractivity contribution in [1.29, 1.82) is 0 Å². The molecule has 2 nitrogen and oxygen atoms in total. The lowest BCUT2D eigenvalue weighted by Gasteiger charge is -2.06. The van der Waals surface area contributed by atoms with E-state index >= 15 is 0 Å². The highest BCUT2D eigenvalue weighted by Gasteiger charge is 2.05. The summed E-state index contributed by atoms with van der Waals surface area (Å²) in [6.07, 6.45) is -1.51. The van der Waals surface area contributed by atoms with Crippen molar-refractivity contribution in [3.05, 3.63) is 35.4 Å². The highest BCUT2D eigenvalue weighted by Crippen LogP contribution is 2.15. The molecule has 2 unspecified atom stereocenters. The van der Waals surface area contributed by atoms with Gasteiger partial charge in [0.25, 0.3) is 0 Å². The van der Waals surface area contributed by atoms with Crippen LogP contribution in [0.2, 0.25) is 0 Å². The van der Waals surface area contributed by atoms with Gasteiger partial charge in [-0.1, -0.05) is 36.1 Å². The van der Waals surface area contributed by atoms with Gasteiger partial charge < -0.3 is 10.2 Å². The van der Waals surface area contributed by atoms with Crippen molar-refractivity contribution in [3.63, 3.8) is 0 Å². The lowest BCUT2D eigenvalue weighted by Crippen LogP contribution is -1.99. The van der Waals surface area contributed by atoms with E-state index in [-0.39, 0.29) is 0 Å². The average Bonchev–Trinajstić information content (AvgIpc) is 2.15. The molecule has 0 amide bonds. The fraction of sp³-hybridized carbons (Fsp3) is 0.333. The molecular weight excluding hydrogens is 176 g/mol. The Morgan fingerprint density at radius 3 is 2.36 bits per heavy atom. The molecule has 0 aliphatic rings. The third-order valence-electron chi connectivity index (χ3n) is 1.91. The van der Waals surface area contributed by atoms with Gasteiger partial charge in [0.2, 0.25) is 0 Å². The van der Waals surface area contributed by atoms with Crippen molar-refractivity contribution < 1.29 is 10.2 Å². The van der Waals surface area contributed by atoms with Crippen LogP contribution in [0, 0.1) is 18.8 Å². The van der Waals surface area contributed by atoms with E-state index in [0.29, 0.717) is 0 Å². The molecule has 0 bridgehead atoms. The molecule has 2 N–H and O–H groups in total. The molecule has 2 atom stereocenters. The monoisotopic (exact) mass is 190 g/mol. The first kappa shape index (κ1) is 10.8. The highest BCUT2D eigenvalue weighted by atomic mass is 16.3. The number of rotatable bonds is 1. The SMILES string of the molecule is Cc1ccccc1C(O)C#CC(C)O. The first-order valence-electron chi connectivity index (χ1n) is 4.54. The second-order valence-electron chi connectivity index (χ2n) is 3.22. The van der Waals surface area contributed by atoms with Crippen LogP contribution in [0.1, 0.15) is 24.2 Å². The zero-order valence-electron chi connectivity index (χ0n) is 8.36. The zero-order valence-corrected chi connectivity index (χ0v) is 8.36. The van der Waals surface area contributed by atoms with E-state index < -0.39 is 12.2 Å². The minimum absolute atomic E-state index is 0.700. The molecule has 0 aliphatic heterocycles. The van der Waals surface area contributed by atoms with Gasteiger partial charge in [0.05, 0.1) is 0 Å². The summed E-state index contributed by atoms with van der Waals surface area (Å²) in [5, 5.41) is 18.6.